The number of nitrogens with zero attached hydrogens (tertiary/aromatic N) is 4. The van der Waals surface area contributed by atoms with E-state index in [1.54, 1.807) is 12.4 Å². The highest BCUT2D eigenvalue weighted by molar-refractivity contribution is 6.03. The van der Waals surface area contributed by atoms with Crippen molar-refractivity contribution in [3.8, 4) is 0 Å². The van der Waals surface area contributed by atoms with Crippen LogP contribution in [0.2, 0.25) is 0 Å². The summed E-state index contributed by atoms with van der Waals surface area (Å²) in [4.78, 5) is 23.2. The number of hydrogen-bond donors (Lipinski definition) is 1. The smallest absolute Gasteiger partial charge is 0.256 e. The third-order valence-electron chi connectivity index (χ3n) is 5.23. The Morgan fingerprint density at radius 1 is 1.29 bits per heavy atom. The van der Waals surface area contributed by atoms with Crippen molar-refractivity contribution in [1.82, 2.24) is 15.1 Å². The highest BCUT2D eigenvalue weighted by Gasteiger charge is 2.26. The van der Waals surface area contributed by atoms with Crippen LogP contribution >= 0.6 is 0 Å². The second-order valence-electron chi connectivity index (χ2n) is 7.09. The van der Waals surface area contributed by atoms with Crippen LogP contribution in [0.3, 0.4) is 0 Å². The van der Waals surface area contributed by atoms with Crippen LogP contribution in [0.15, 0.2) is 47.5 Å². The Morgan fingerprint density at radius 3 is 2.86 bits per heavy atom. The van der Waals surface area contributed by atoms with Gasteiger partial charge in [0.05, 0.1) is 18.1 Å². The van der Waals surface area contributed by atoms with E-state index in [0.29, 0.717) is 17.3 Å². The molecule has 2 aromatic heterocycles. The van der Waals surface area contributed by atoms with E-state index < -0.39 is 0 Å². The maximum Gasteiger partial charge on any atom is 0.256 e. The van der Waals surface area contributed by atoms with Crippen LogP contribution in [0.25, 0.3) is 0 Å². The van der Waals surface area contributed by atoms with Crippen molar-refractivity contribution >= 4 is 17.4 Å². The van der Waals surface area contributed by atoms with Crippen molar-refractivity contribution < 1.29 is 9.32 Å². The lowest BCUT2D eigenvalue weighted by atomic mass is 9.92. The van der Waals surface area contributed by atoms with E-state index >= 15 is 0 Å². The summed E-state index contributed by atoms with van der Waals surface area (Å²) in [5, 5.41) is 6.70. The topological polar surface area (TPSA) is 84.2 Å². The van der Waals surface area contributed by atoms with Crippen molar-refractivity contribution in [2.45, 2.75) is 32.6 Å². The summed E-state index contributed by atoms with van der Waals surface area (Å²) >= 11 is 0. The molecule has 1 saturated heterocycles. The molecular weight excluding hydrogens is 354 g/mol. The van der Waals surface area contributed by atoms with Gasteiger partial charge in [0.1, 0.15) is 12.1 Å². The molecule has 0 aliphatic carbocycles. The van der Waals surface area contributed by atoms with Gasteiger partial charge in [-0.3, -0.25) is 4.79 Å². The third kappa shape index (κ3) is 3.74. The molecule has 0 saturated carbocycles. The van der Waals surface area contributed by atoms with Gasteiger partial charge in [0.15, 0.2) is 5.82 Å². The van der Waals surface area contributed by atoms with Gasteiger partial charge in [-0.25, -0.2) is 9.97 Å². The molecule has 7 heteroatoms. The van der Waals surface area contributed by atoms with Crippen molar-refractivity contribution in [2.24, 2.45) is 0 Å². The first kappa shape index (κ1) is 18.2. The minimum absolute atomic E-state index is 0.177. The van der Waals surface area contributed by atoms with Gasteiger partial charge < -0.3 is 14.7 Å². The molecular formula is C21H23N5O2. The van der Waals surface area contributed by atoms with Gasteiger partial charge in [0.25, 0.3) is 5.91 Å². The van der Waals surface area contributed by atoms with Gasteiger partial charge in [0.2, 0.25) is 0 Å². The second kappa shape index (κ2) is 7.80. The molecule has 0 spiro atoms. The zero-order valence-electron chi connectivity index (χ0n) is 16.1. The molecule has 144 valence electrons. The number of hydrogen-bond acceptors (Lipinski definition) is 6. The average molecular weight is 377 g/mol. The number of rotatable bonds is 5. The van der Waals surface area contributed by atoms with Crippen LogP contribution in [0.4, 0.5) is 11.5 Å². The summed E-state index contributed by atoms with van der Waals surface area (Å²) < 4.78 is 5.15. The monoisotopic (exact) mass is 377 g/mol. The SMILES string of the molecule is CCc1cc(NC(=O)c2ccc(C)c([C@@H]3CCN(c4cncnc4)C3)c2)no1. The van der Waals surface area contributed by atoms with Crippen LogP contribution in [0.1, 0.15) is 46.5 Å². The van der Waals surface area contributed by atoms with E-state index in [1.807, 2.05) is 37.5 Å². The molecule has 0 radical (unpaired) electrons. The lowest BCUT2D eigenvalue weighted by Gasteiger charge is -2.19. The minimum atomic E-state index is -0.177. The molecule has 1 aliphatic rings. The number of anilines is 2. The molecule has 0 unspecified atom stereocenters. The molecule has 0 bridgehead atoms. The molecule has 1 aliphatic heterocycles. The Labute approximate surface area is 163 Å². The molecule has 7 nitrogen and oxygen atoms in total. The summed E-state index contributed by atoms with van der Waals surface area (Å²) in [5.74, 6) is 1.38. The van der Waals surface area contributed by atoms with Crippen LogP contribution in [-0.4, -0.2) is 34.1 Å². The number of carbonyl (C=O) groups is 1. The average Bonchev–Trinajstić information content (AvgIpc) is 3.38. The van der Waals surface area contributed by atoms with Gasteiger partial charge in [-0.2, -0.15) is 0 Å². The Kier molecular flexibility index (Phi) is 5.06. The fourth-order valence-electron chi connectivity index (χ4n) is 3.65. The maximum absolute atomic E-state index is 12.7. The first-order valence-corrected chi connectivity index (χ1v) is 9.51. The molecule has 1 N–H and O–H groups in total. The lowest BCUT2D eigenvalue weighted by molar-refractivity contribution is 0.102. The van der Waals surface area contributed by atoms with Gasteiger partial charge in [-0.15, -0.1) is 0 Å². The largest absolute Gasteiger partial charge is 0.368 e. The fourth-order valence-corrected chi connectivity index (χ4v) is 3.65. The van der Waals surface area contributed by atoms with E-state index in [9.17, 15) is 4.79 Å². The van der Waals surface area contributed by atoms with Gasteiger partial charge in [0, 0.05) is 37.1 Å². The van der Waals surface area contributed by atoms with Crippen LogP contribution in [0, 0.1) is 6.92 Å². The van der Waals surface area contributed by atoms with E-state index in [0.717, 1.165) is 37.4 Å². The van der Waals surface area contributed by atoms with E-state index in [1.165, 1.54) is 11.1 Å². The second-order valence-corrected chi connectivity index (χ2v) is 7.09. The summed E-state index contributed by atoms with van der Waals surface area (Å²) in [5.41, 5.74) is 4.07. The Morgan fingerprint density at radius 2 is 2.11 bits per heavy atom. The number of benzene rings is 1. The minimum Gasteiger partial charge on any atom is -0.368 e. The quantitative estimate of drug-likeness (QED) is 0.732. The third-order valence-corrected chi connectivity index (χ3v) is 5.23. The molecule has 3 heterocycles. The summed E-state index contributed by atoms with van der Waals surface area (Å²) in [7, 11) is 0. The Hall–Kier alpha value is -3.22. The first-order chi connectivity index (χ1) is 13.6. The van der Waals surface area contributed by atoms with E-state index in [4.69, 9.17) is 4.52 Å². The van der Waals surface area contributed by atoms with Gasteiger partial charge in [-0.05, 0) is 36.6 Å². The zero-order chi connectivity index (χ0) is 19.5. The molecule has 1 amide bonds. The number of aryl methyl sites for hydroxylation is 2. The number of carbonyl (C=O) groups excluding carboxylic acids is 1. The standard InChI is InChI=1S/C21H23N5O2/c1-3-18-9-20(25-28-18)24-21(27)15-5-4-14(2)19(8-15)16-6-7-26(12-16)17-10-22-13-23-11-17/h4-5,8-11,13,16H,3,6-7,12H2,1-2H3,(H,24,25,27)/t16-/m1/s1. The van der Waals surface area contributed by atoms with Crippen molar-refractivity contribution in [1.29, 1.82) is 0 Å². The Bertz CT molecular complexity index is 970. The molecule has 1 atom stereocenters. The van der Waals surface area contributed by atoms with Crippen LogP contribution < -0.4 is 10.2 Å². The highest BCUT2D eigenvalue weighted by atomic mass is 16.5. The zero-order valence-corrected chi connectivity index (χ0v) is 16.1. The van der Waals surface area contributed by atoms with Gasteiger partial charge in [-0.1, -0.05) is 18.1 Å². The molecule has 3 aromatic rings. The lowest BCUT2D eigenvalue weighted by Crippen LogP contribution is -2.20. The predicted molar refractivity (Wildman–Crippen MR) is 107 cm³/mol. The number of nitrogens with one attached hydrogen (secondary N) is 1. The van der Waals surface area contributed by atoms with Crippen molar-refractivity contribution in [2.75, 3.05) is 23.3 Å². The molecule has 1 fully saturated rings. The van der Waals surface area contributed by atoms with Crippen molar-refractivity contribution in [3.05, 3.63) is 65.4 Å². The Balaban J connectivity index is 1.50. The normalized spacial score (nSPS) is 16.4. The van der Waals surface area contributed by atoms with Crippen LogP contribution in [0.5, 0.6) is 0 Å². The summed E-state index contributed by atoms with van der Waals surface area (Å²) in [6.45, 7) is 5.91. The van der Waals surface area contributed by atoms with Gasteiger partial charge >= 0.3 is 0 Å². The molecule has 1 aromatic carbocycles. The number of amides is 1. The molecule has 28 heavy (non-hydrogen) atoms. The molecule has 4 rings (SSSR count). The number of aromatic nitrogens is 3. The maximum atomic E-state index is 12.7. The summed E-state index contributed by atoms with van der Waals surface area (Å²) in [6.07, 6.45) is 7.00. The highest BCUT2D eigenvalue weighted by Crippen LogP contribution is 2.32. The fraction of sp³-hybridized carbons (Fsp3) is 0.333. The first-order valence-electron chi connectivity index (χ1n) is 9.51. The van der Waals surface area contributed by atoms with E-state index in [2.05, 4.69) is 32.3 Å². The summed E-state index contributed by atoms with van der Waals surface area (Å²) in [6, 6.07) is 7.62. The van der Waals surface area contributed by atoms with E-state index in [-0.39, 0.29) is 5.91 Å². The van der Waals surface area contributed by atoms with Crippen LogP contribution in [-0.2, 0) is 6.42 Å². The predicted octanol–water partition coefficient (Wildman–Crippen LogP) is 3.58. The van der Waals surface area contributed by atoms with Crippen molar-refractivity contribution in [3.63, 3.8) is 0 Å².